The molecule has 0 aromatic carbocycles. The van der Waals surface area contributed by atoms with E-state index in [1.54, 1.807) is 0 Å². The predicted octanol–water partition coefficient (Wildman–Crippen LogP) is 4.62. The normalized spacial score (nSPS) is 18.6. The van der Waals surface area contributed by atoms with E-state index in [4.69, 9.17) is 0 Å². The van der Waals surface area contributed by atoms with Crippen molar-refractivity contribution < 1.29 is 0 Å². The molecule has 0 aromatic rings. The quantitative estimate of drug-likeness (QED) is 0.656. The molecule has 1 saturated heterocycles. The van der Waals surface area contributed by atoms with Crippen LogP contribution in [-0.2, 0) is 0 Å². The minimum atomic E-state index is 0.837. The zero-order valence-corrected chi connectivity index (χ0v) is 11.6. The van der Waals surface area contributed by atoms with Crippen molar-refractivity contribution in [1.82, 2.24) is 5.32 Å². The third kappa shape index (κ3) is 14.5. The summed E-state index contributed by atoms with van der Waals surface area (Å²) >= 11 is 0. The molecular weight excluding hydrogens is 170 g/mol. The van der Waals surface area contributed by atoms with Crippen molar-refractivity contribution >= 4 is 0 Å². The first kappa shape index (κ1) is 19.5. The maximum atomic E-state index is 3.47. The van der Waals surface area contributed by atoms with E-state index in [1.807, 2.05) is 41.5 Å². The van der Waals surface area contributed by atoms with Crippen LogP contribution in [0, 0.1) is 0 Å². The SMILES string of the molecule is CC.CC.CC.CCC1CCCCN1. The van der Waals surface area contributed by atoms with Crippen LogP contribution in [0.1, 0.15) is 74.1 Å². The van der Waals surface area contributed by atoms with Crippen LogP contribution in [0.4, 0.5) is 0 Å². The Hall–Kier alpha value is -0.0400. The lowest BCUT2D eigenvalue weighted by molar-refractivity contribution is 0.393. The van der Waals surface area contributed by atoms with E-state index in [-0.39, 0.29) is 0 Å². The summed E-state index contributed by atoms with van der Waals surface area (Å²) in [5.41, 5.74) is 0. The summed E-state index contributed by atoms with van der Waals surface area (Å²) in [4.78, 5) is 0. The molecule has 1 rings (SSSR count). The Morgan fingerprint density at radius 2 is 1.43 bits per heavy atom. The number of nitrogens with one attached hydrogen (secondary N) is 1. The van der Waals surface area contributed by atoms with Gasteiger partial charge in [0.2, 0.25) is 0 Å². The van der Waals surface area contributed by atoms with Gasteiger partial charge in [0.15, 0.2) is 0 Å². The summed E-state index contributed by atoms with van der Waals surface area (Å²) in [6.07, 6.45) is 5.53. The van der Waals surface area contributed by atoms with Gasteiger partial charge in [-0.2, -0.15) is 0 Å². The smallest absolute Gasteiger partial charge is 0.00644 e. The molecule has 0 radical (unpaired) electrons. The lowest BCUT2D eigenvalue weighted by Gasteiger charge is -2.21. The summed E-state index contributed by atoms with van der Waals surface area (Å²) in [6.45, 7) is 15.5. The number of rotatable bonds is 1. The molecule has 1 aliphatic heterocycles. The largest absolute Gasteiger partial charge is 0.314 e. The second-order valence-electron chi connectivity index (χ2n) is 2.56. The van der Waals surface area contributed by atoms with Gasteiger partial charge in [0.1, 0.15) is 0 Å². The van der Waals surface area contributed by atoms with Gasteiger partial charge in [-0.05, 0) is 25.8 Å². The molecule has 1 heteroatoms. The van der Waals surface area contributed by atoms with Gasteiger partial charge in [0, 0.05) is 6.04 Å². The molecule has 1 heterocycles. The third-order valence-electron chi connectivity index (χ3n) is 1.91. The molecule has 1 aliphatic rings. The van der Waals surface area contributed by atoms with Crippen LogP contribution in [-0.4, -0.2) is 12.6 Å². The molecule has 1 nitrogen and oxygen atoms in total. The first-order valence-corrected chi connectivity index (χ1v) is 6.67. The molecule has 0 aliphatic carbocycles. The van der Waals surface area contributed by atoms with Gasteiger partial charge in [0.25, 0.3) is 0 Å². The Balaban J connectivity index is -0.000000174. The summed E-state index contributed by atoms with van der Waals surface area (Å²) in [7, 11) is 0. The summed E-state index contributed by atoms with van der Waals surface area (Å²) in [5.74, 6) is 0. The number of piperidine rings is 1. The van der Waals surface area contributed by atoms with Crippen LogP contribution in [0.15, 0.2) is 0 Å². The maximum Gasteiger partial charge on any atom is 0.00644 e. The summed E-state index contributed by atoms with van der Waals surface area (Å²) in [5, 5.41) is 3.47. The van der Waals surface area contributed by atoms with E-state index in [9.17, 15) is 0 Å². The zero-order valence-electron chi connectivity index (χ0n) is 11.6. The Morgan fingerprint density at radius 1 is 0.929 bits per heavy atom. The molecule has 1 N–H and O–H groups in total. The fourth-order valence-corrected chi connectivity index (χ4v) is 1.27. The molecule has 0 aromatic heterocycles. The minimum absolute atomic E-state index is 0.837. The van der Waals surface area contributed by atoms with E-state index in [0.29, 0.717) is 0 Å². The zero-order chi connectivity index (χ0) is 11.8. The van der Waals surface area contributed by atoms with Gasteiger partial charge in [-0.15, -0.1) is 0 Å². The lowest BCUT2D eigenvalue weighted by Crippen LogP contribution is -2.32. The molecule has 1 unspecified atom stereocenters. The molecule has 0 spiro atoms. The Labute approximate surface area is 92.7 Å². The highest BCUT2D eigenvalue weighted by Gasteiger charge is 2.08. The molecule has 1 fully saturated rings. The molecule has 1 atom stereocenters. The molecule has 14 heavy (non-hydrogen) atoms. The molecule has 0 amide bonds. The van der Waals surface area contributed by atoms with Crippen molar-refractivity contribution in [2.45, 2.75) is 80.2 Å². The number of hydrogen-bond donors (Lipinski definition) is 1. The fraction of sp³-hybridized carbons (Fsp3) is 1.00. The fourth-order valence-electron chi connectivity index (χ4n) is 1.27. The third-order valence-corrected chi connectivity index (χ3v) is 1.91. The van der Waals surface area contributed by atoms with Crippen LogP contribution in [0.2, 0.25) is 0 Å². The van der Waals surface area contributed by atoms with Gasteiger partial charge in [-0.3, -0.25) is 0 Å². The monoisotopic (exact) mass is 203 g/mol. The van der Waals surface area contributed by atoms with E-state index < -0.39 is 0 Å². The topological polar surface area (TPSA) is 12.0 Å². The average Bonchev–Trinajstić information content (AvgIpc) is 2.37. The summed E-state index contributed by atoms with van der Waals surface area (Å²) in [6, 6.07) is 0.837. The summed E-state index contributed by atoms with van der Waals surface area (Å²) < 4.78 is 0. The van der Waals surface area contributed by atoms with Crippen molar-refractivity contribution in [3.05, 3.63) is 0 Å². The maximum absolute atomic E-state index is 3.47. The van der Waals surface area contributed by atoms with Gasteiger partial charge in [-0.1, -0.05) is 54.9 Å². The highest BCUT2D eigenvalue weighted by molar-refractivity contribution is 4.69. The second kappa shape index (κ2) is 23.1. The van der Waals surface area contributed by atoms with Crippen molar-refractivity contribution in [3.8, 4) is 0 Å². The van der Waals surface area contributed by atoms with E-state index in [1.165, 1.54) is 32.2 Å². The van der Waals surface area contributed by atoms with E-state index in [0.717, 1.165) is 6.04 Å². The van der Waals surface area contributed by atoms with Crippen LogP contribution >= 0.6 is 0 Å². The highest BCUT2D eigenvalue weighted by Crippen LogP contribution is 2.08. The Bertz CT molecular complexity index is 56.3. The first-order valence-electron chi connectivity index (χ1n) is 6.67. The van der Waals surface area contributed by atoms with Crippen molar-refractivity contribution in [3.63, 3.8) is 0 Å². The van der Waals surface area contributed by atoms with Crippen molar-refractivity contribution in [2.75, 3.05) is 6.54 Å². The standard InChI is InChI=1S/C7H15N.3C2H6/c1-2-7-5-3-4-6-8-7;3*1-2/h7-8H,2-6H2,1H3;3*1-2H3. The molecular formula is C13H33N. The van der Waals surface area contributed by atoms with Crippen LogP contribution in [0.5, 0.6) is 0 Å². The van der Waals surface area contributed by atoms with Crippen molar-refractivity contribution in [2.24, 2.45) is 0 Å². The van der Waals surface area contributed by atoms with Gasteiger partial charge < -0.3 is 5.32 Å². The molecule has 90 valence electrons. The van der Waals surface area contributed by atoms with Crippen LogP contribution in [0.3, 0.4) is 0 Å². The van der Waals surface area contributed by atoms with Crippen LogP contribution < -0.4 is 5.32 Å². The van der Waals surface area contributed by atoms with E-state index >= 15 is 0 Å². The Kier molecular flexibility index (Phi) is 32.2. The van der Waals surface area contributed by atoms with Gasteiger partial charge in [0.05, 0.1) is 0 Å². The number of hydrogen-bond acceptors (Lipinski definition) is 1. The van der Waals surface area contributed by atoms with Gasteiger partial charge >= 0.3 is 0 Å². The Morgan fingerprint density at radius 3 is 1.64 bits per heavy atom. The van der Waals surface area contributed by atoms with Crippen molar-refractivity contribution in [1.29, 1.82) is 0 Å². The van der Waals surface area contributed by atoms with E-state index in [2.05, 4.69) is 12.2 Å². The van der Waals surface area contributed by atoms with Crippen LogP contribution in [0.25, 0.3) is 0 Å². The second-order valence-corrected chi connectivity index (χ2v) is 2.56. The first-order chi connectivity index (χ1) is 6.93. The average molecular weight is 203 g/mol. The van der Waals surface area contributed by atoms with Gasteiger partial charge in [-0.25, -0.2) is 0 Å². The molecule has 0 saturated carbocycles. The highest BCUT2D eigenvalue weighted by atomic mass is 14.9. The minimum Gasteiger partial charge on any atom is -0.314 e. The predicted molar refractivity (Wildman–Crippen MR) is 70.0 cm³/mol. The lowest BCUT2D eigenvalue weighted by atomic mass is 10.0. The molecule has 0 bridgehead atoms.